The molecule has 5 heteroatoms. The van der Waals surface area contributed by atoms with Gasteiger partial charge < -0.3 is 0 Å². The molecule has 0 saturated heterocycles. The standard InChI is InChI=1S/4C6H5.C5H4ClNO2.C5H5.Ru/c4*1-2-4-6-5-3-1;6-7-5(4-9)2-1-3-8;1-2-4-5-3-1;/h4*1-5H;1,7H,2H2;1-3H,4H2;/q4*-1;;-1;+5. The largest absolute Gasteiger partial charge is 5.00 e. The second kappa shape index (κ2) is 34.0. The molecule has 1 aliphatic carbocycles. The van der Waals surface area contributed by atoms with Gasteiger partial charge in [0.25, 0.3) is 0 Å². The topological polar surface area (TPSA) is 46.2 Å². The van der Waals surface area contributed by atoms with Gasteiger partial charge in [0.2, 0.25) is 0 Å². The Balaban J connectivity index is 0. The summed E-state index contributed by atoms with van der Waals surface area (Å²) in [7, 11) is 0. The summed E-state index contributed by atoms with van der Waals surface area (Å²) in [4.78, 5) is 21.4. The average molecular weight is 620 g/mol. The molecule has 1 N–H and O–H groups in total. The Morgan fingerprint density at radius 3 is 1.21 bits per heavy atom. The normalized spacial score (nSPS) is 8.74. The van der Waals surface area contributed by atoms with Crippen LogP contribution in [0.15, 0.2) is 151 Å². The minimum Gasteiger partial charge on any atom is -0.292 e. The molecule has 39 heavy (non-hydrogen) atoms. The van der Waals surface area contributed by atoms with Gasteiger partial charge >= 0.3 is 19.5 Å². The zero-order valence-electron chi connectivity index (χ0n) is 21.3. The Kier molecular flexibility index (Phi) is 32.3. The van der Waals surface area contributed by atoms with Gasteiger partial charge in [-0.3, -0.25) is 10.9 Å². The fourth-order valence-electron chi connectivity index (χ4n) is 1.95. The van der Waals surface area contributed by atoms with Gasteiger partial charge in [0.15, 0.2) is 0 Å². The molecule has 1 aliphatic rings. The van der Waals surface area contributed by atoms with Crippen molar-refractivity contribution in [2.75, 3.05) is 0 Å². The van der Waals surface area contributed by atoms with Gasteiger partial charge in [0.1, 0.15) is 17.6 Å². The second-order valence-electron chi connectivity index (χ2n) is 6.51. The van der Waals surface area contributed by atoms with E-state index in [1.54, 1.807) is 0 Å². The monoisotopic (exact) mass is 620 g/mol. The molecule has 0 aliphatic heterocycles. The first-order chi connectivity index (χ1) is 18.8. The van der Waals surface area contributed by atoms with Gasteiger partial charge in [-0.15, -0.1) is 6.42 Å². The van der Waals surface area contributed by atoms with Crippen LogP contribution < -0.4 is 4.84 Å². The number of halogens is 1. The zero-order chi connectivity index (χ0) is 27.6. The Labute approximate surface area is 251 Å². The summed E-state index contributed by atoms with van der Waals surface area (Å²) < 4.78 is 0. The molecule has 5 rings (SSSR count). The van der Waals surface area contributed by atoms with E-state index in [-0.39, 0.29) is 31.6 Å². The van der Waals surface area contributed by atoms with Crippen LogP contribution in [0.4, 0.5) is 0 Å². The molecule has 0 aromatic heterocycles. The van der Waals surface area contributed by atoms with E-state index in [9.17, 15) is 9.59 Å². The van der Waals surface area contributed by atoms with Crippen molar-refractivity contribution >= 4 is 23.7 Å². The number of benzene rings is 4. The van der Waals surface area contributed by atoms with E-state index in [0.717, 1.165) is 12.5 Å². The predicted molar refractivity (Wildman–Crippen MR) is 156 cm³/mol. The minimum absolute atomic E-state index is 0. The fourth-order valence-corrected chi connectivity index (χ4v) is 2.07. The van der Waals surface area contributed by atoms with Crippen LogP contribution in [0.3, 0.4) is 0 Å². The molecule has 3 nitrogen and oxygen atoms in total. The van der Waals surface area contributed by atoms with Crippen molar-refractivity contribution in [3.8, 4) is 0 Å². The third-order valence-corrected chi connectivity index (χ3v) is 3.87. The third-order valence-electron chi connectivity index (χ3n) is 3.64. The summed E-state index contributed by atoms with van der Waals surface area (Å²) in [5.41, 5.74) is 0.125. The maximum atomic E-state index is 9.78. The van der Waals surface area contributed by atoms with Crippen LogP contribution in [0, 0.1) is 30.3 Å². The van der Waals surface area contributed by atoms with Gasteiger partial charge in [-0.05, 0) is 0 Å². The van der Waals surface area contributed by atoms with Crippen molar-refractivity contribution in [2.24, 2.45) is 0 Å². The molecule has 0 fully saturated rings. The van der Waals surface area contributed by atoms with Crippen LogP contribution >= 0.6 is 11.8 Å². The van der Waals surface area contributed by atoms with Crippen molar-refractivity contribution in [3.63, 3.8) is 0 Å². The Bertz CT molecular complexity index is 900. The van der Waals surface area contributed by atoms with Crippen molar-refractivity contribution in [1.82, 2.24) is 4.84 Å². The molecule has 4 aromatic rings. The molecule has 197 valence electrons. The van der Waals surface area contributed by atoms with E-state index < -0.39 is 0 Å². The van der Waals surface area contributed by atoms with Crippen LogP contribution in [-0.4, -0.2) is 11.9 Å². The summed E-state index contributed by atoms with van der Waals surface area (Å²) in [6, 6.07) is 50.0. The van der Waals surface area contributed by atoms with Crippen molar-refractivity contribution in [2.45, 2.75) is 12.8 Å². The number of rotatable bonds is 3. The van der Waals surface area contributed by atoms with Gasteiger partial charge in [-0.2, -0.15) is 152 Å². The summed E-state index contributed by atoms with van der Waals surface area (Å²) in [5, 5.41) is 0. The molecule has 0 saturated carbocycles. The first-order valence-electron chi connectivity index (χ1n) is 11.5. The van der Waals surface area contributed by atoms with Gasteiger partial charge in [0, 0.05) is 24.3 Å². The van der Waals surface area contributed by atoms with Crippen LogP contribution in [-0.2, 0) is 29.1 Å². The number of nitrogens with one attached hydrogen (secondary N) is 1. The van der Waals surface area contributed by atoms with E-state index in [1.165, 1.54) is 11.9 Å². The number of carbonyl (C=O) groups excluding carboxylic acids is 2. The maximum Gasteiger partial charge on any atom is 5.00 e. The SMILES string of the molecule is O=C=CCC(=C=O)NCl.[C-]1=CC=CC1.[Ru+5].[c-]1ccccc1.[c-]1ccccc1.[c-]1ccccc1.[c-]1ccccc1. The van der Waals surface area contributed by atoms with Crippen LogP contribution in [0.5, 0.6) is 0 Å². The molecule has 0 amide bonds. The molecular weight excluding hydrogens is 591 g/mol. The molecule has 0 bridgehead atoms. The quantitative estimate of drug-likeness (QED) is 0.112. The molecular formula is C34H29ClNO2Ru. The Hall–Kier alpha value is -4.03. The van der Waals surface area contributed by atoms with Crippen molar-refractivity contribution in [1.29, 1.82) is 0 Å². The van der Waals surface area contributed by atoms with Crippen LogP contribution in [0.1, 0.15) is 12.8 Å². The smallest absolute Gasteiger partial charge is 0.292 e. The zero-order valence-corrected chi connectivity index (χ0v) is 23.8. The number of hydrogen-bond acceptors (Lipinski definition) is 3. The molecule has 0 spiro atoms. The Morgan fingerprint density at radius 2 is 1.08 bits per heavy atom. The minimum atomic E-state index is 0. The first-order valence-corrected chi connectivity index (χ1v) is 11.9. The third kappa shape index (κ3) is 31.9. The first kappa shape index (κ1) is 37.1. The number of hydrogen-bond donors (Lipinski definition) is 1. The van der Waals surface area contributed by atoms with Gasteiger partial charge in [-0.1, -0.05) is 0 Å². The summed E-state index contributed by atoms with van der Waals surface area (Å²) >= 11 is 5.00. The van der Waals surface area contributed by atoms with Gasteiger partial charge in [0.05, 0.1) is 0 Å². The van der Waals surface area contributed by atoms with Gasteiger partial charge in [-0.25, -0.2) is 21.7 Å². The molecule has 1 radical (unpaired) electrons. The molecule has 0 unspecified atom stereocenters. The Morgan fingerprint density at radius 1 is 0.692 bits per heavy atom. The van der Waals surface area contributed by atoms with E-state index in [1.807, 2.05) is 138 Å². The molecule has 0 heterocycles. The van der Waals surface area contributed by atoms with Crippen LogP contribution in [0.25, 0.3) is 0 Å². The summed E-state index contributed by atoms with van der Waals surface area (Å²) in [6.45, 7) is 0. The van der Waals surface area contributed by atoms with E-state index in [4.69, 9.17) is 11.8 Å². The summed E-state index contributed by atoms with van der Waals surface area (Å²) in [5.74, 6) is 2.99. The van der Waals surface area contributed by atoms with Crippen LogP contribution in [0.2, 0.25) is 0 Å². The molecule has 4 aromatic carbocycles. The average Bonchev–Trinajstić information content (AvgIpc) is 3.63. The number of allylic oxidation sites excluding steroid dienone is 5. The van der Waals surface area contributed by atoms with E-state index in [0.29, 0.717) is 0 Å². The second-order valence-corrected chi connectivity index (χ2v) is 6.70. The predicted octanol–water partition coefficient (Wildman–Crippen LogP) is 7.47. The summed E-state index contributed by atoms with van der Waals surface area (Å²) in [6.07, 6.45) is 11.3. The molecule has 0 atom stereocenters. The van der Waals surface area contributed by atoms with Crippen molar-refractivity contribution in [3.05, 3.63) is 182 Å². The maximum absolute atomic E-state index is 9.78. The van der Waals surface area contributed by atoms with Crippen molar-refractivity contribution < 1.29 is 29.1 Å². The fraction of sp³-hybridized carbons (Fsp3) is 0.0588. The van der Waals surface area contributed by atoms with E-state index in [2.05, 4.69) is 36.4 Å². The van der Waals surface area contributed by atoms with E-state index >= 15 is 0 Å².